The summed E-state index contributed by atoms with van der Waals surface area (Å²) in [5, 5.41) is 5.53. The number of anilines is 2. The van der Waals surface area contributed by atoms with Crippen LogP contribution in [0.15, 0.2) is 68.8 Å². The highest BCUT2D eigenvalue weighted by atomic mass is 32.2. The number of rotatable bonds is 7. The molecule has 1 aliphatic heterocycles. The molecular weight excluding hydrogens is 410 g/mol. The SMILES string of the molecule is Cc1cc(C(=O)NCC(=O)NCCCN2c3ccccc3Sc3ccccc32)c(C)o1. The van der Waals surface area contributed by atoms with E-state index in [0.717, 1.165) is 13.0 Å². The van der Waals surface area contributed by atoms with E-state index in [2.05, 4.69) is 51.9 Å². The van der Waals surface area contributed by atoms with Gasteiger partial charge < -0.3 is 20.0 Å². The van der Waals surface area contributed by atoms with Crippen LogP contribution in [0.1, 0.15) is 28.3 Å². The van der Waals surface area contributed by atoms with Gasteiger partial charge in [-0.3, -0.25) is 9.59 Å². The second kappa shape index (κ2) is 9.31. The fraction of sp³-hybridized carbons (Fsp3) is 0.250. The van der Waals surface area contributed by atoms with E-state index in [0.29, 0.717) is 23.6 Å². The molecule has 1 aromatic heterocycles. The minimum absolute atomic E-state index is 0.0610. The van der Waals surface area contributed by atoms with Crippen molar-refractivity contribution in [2.75, 3.05) is 24.5 Å². The summed E-state index contributed by atoms with van der Waals surface area (Å²) in [6, 6.07) is 18.4. The molecule has 1 aliphatic rings. The molecule has 2 heterocycles. The molecule has 0 aliphatic carbocycles. The summed E-state index contributed by atoms with van der Waals surface area (Å²) in [5.41, 5.74) is 2.84. The van der Waals surface area contributed by atoms with Crippen LogP contribution in [0.25, 0.3) is 0 Å². The first-order valence-corrected chi connectivity index (χ1v) is 11.1. The molecule has 6 nitrogen and oxygen atoms in total. The summed E-state index contributed by atoms with van der Waals surface area (Å²) in [6.07, 6.45) is 0.785. The largest absolute Gasteiger partial charge is 0.466 e. The van der Waals surface area contributed by atoms with Gasteiger partial charge in [0.1, 0.15) is 11.5 Å². The zero-order chi connectivity index (χ0) is 21.8. The van der Waals surface area contributed by atoms with Crippen molar-refractivity contribution in [1.82, 2.24) is 10.6 Å². The quantitative estimate of drug-likeness (QED) is 0.537. The van der Waals surface area contributed by atoms with Gasteiger partial charge in [0.2, 0.25) is 5.91 Å². The fourth-order valence-electron chi connectivity index (χ4n) is 3.66. The Morgan fingerprint density at radius 1 is 0.968 bits per heavy atom. The smallest absolute Gasteiger partial charge is 0.255 e. The van der Waals surface area contributed by atoms with E-state index < -0.39 is 0 Å². The van der Waals surface area contributed by atoms with E-state index in [1.807, 2.05) is 12.1 Å². The molecule has 3 aromatic rings. The molecule has 0 spiro atoms. The van der Waals surface area contributed by atoms with E-state index in [4.69, 9.17) is 4.42 Å². The number of hydrogen-bond donors (Lipinski definition) is 2. The van der Waals surface area contributed by atoms with Crippen LogP contribution in [0, 0.1) is 13.8 Å². The van der Waals surface area contributed by atoms with E-state index in [9.17, 15) is 9.59 Å². The molecule has 4 rings (SSSR count). The number of amides is 2. The Morgan fingerprint density at radius 3 is 2.23 bits per heavy atom. The third-order valence-corrected chi connectivity index (χ3v) is 6.24. The van der Waals surface area contributed by atoms with Gasteiger partial charge in [0.05, 0.1) is 23.5 Å². The van der Waals surface area contributed by atoms with Crippen molar-refractivity contribution in [3.05, 3.63) is 71.7 Å². The van der Waals surface area contributed by atoms with Crippen molar-refractivity contribution in [2.24, 2.45) is 0 Å². The average molecular weight is 436 g/mol. The molecule has 2 amide bonds. The van der Waals surface area contributed by atoms with E-state index in [-0.39, 0.29) is 18.4 Å². The molecular formula is C24H25N3O3S. The van der Waals surface area contributed by atoms with Crippen LogP contribution in [0.4, 0.5) is 11.4 Å². The van der Waals surface area contributed by atoms with Crippen molar-refractivity contribution in [2.45, 2.75) is 30.1 Å². The normalized spacial score (nSPS) is 12.1. The number of benzene rings is 2. The van der Waals surface area contributed by atoms with Crippen LogP contribution < -0.4 is 15.5 Å². The molecule has 7 heteroatoms. The van der Waals surface area contributed by atoms with Gasteiger partial charge in [0.15, 0.2) is 0 Å². The van der Waals surface area contributed by atoms with Crippen LogP contribution in [0.3, 0.4) is 0 Å². The molecule has 31 heavy (non-hydrogen) atoms. The maximum atomic E-state index is 12.2. The van der Waals surface area contributed by atoms with Gasteiger partial charge >= 0.3 is 0 Å². The van der Waals surface area contributed by atoms with Crippen LogP contribution in [0.2, 0.25) is 0 Å². The lowest BCUT2D eigenvalue weighted by atomic mass is 10.2. The van der Waals surface area contributed by atoms with Gasteiger partial charge in [-0.2, -0.15) is 0 Å². The van der Waals surface area contributed by atoms with Gasteiger partial charge in [-0.1, -0.05) is 36.0 Å². The summed E-state index contributed by atoms with van der Waals surface area (Å²) in [5.74, 6) is 0.715. The lowest BCUT2D eigenvalue weighted by Crippen LogP contribution is -2.38. The van der Waals surface area contributed by atoms with Crippen LogP contribution in [0.5, 0.6) is 0 Å². The zero-order valence-corrected chi connectivity index (χ0v) is 18.4. The van der Waals surface area contributed by atoms with Gasteiger partial charge in [-0.05, 0) is 50.6 Å². The van der Waals surface area contributed by atoms with Crippen LogP contribution >= 0.6 is 11.8 Å². The molecule has 0 saturated carbocycles. The van der Waals surface area contributed by atoms with Gasteiger partial charge in [-0.15, -0.1) is 0 Å². The Balaban J connectivity index is 1.28. The Labute approximate surface area is 186 Å². The first kappa shape index (κ1) is 21.1. The average Bonchev–Trinajstić information content (AvgIpc) is 3.12. The van der Waals surface area contributed by atoms with Crippen LogP contribution in [-0.4, -0.2) is 31.4 Å². The van der Waals surface area contributed by atoms with Gasteiger partial charge in [0.25, 0.3) is 5.91 Å². The van der Waals surface area contributed by atoms with E-state index in [1.165, 1.54) is 21.2 Å². The van der Waals surface area contributed by atoms with Gasteiger partial charge in [-0.25, -0.2) is 0 Å². The Bertz CT molecular complexity index is 1060. The highest BCUT2D eigenvalue weighted by molar-refractivity contribution is 7.99. The summed E-state index contributed by atoms with van der Waals surface area (Å²) in [4.78, 5) is 29.1. The number of furan rings is 1. The number of carbonyl (C=O) groups excluding carboxylic acids is 2. The topological polar surface area (TPSA) is 74.6 Å². The van der Waals surface area contributed by atoms with Crippen molar-refractivity contribution >= 4 is 35.0 Å². The van der Waals surface area contributed by atoms with E-state index in [1.54, 1.807) is 31.7 Å². The number of nitrogens with zero attached hydrogens (tertiary/aromatic N) is 1. The number of fused-ring (bicyclic) bond motifs is 2. The first-order valence-electron chi connectivity index (χ1n) is 10.3. The minimum atomic E-state index is -0.302. The second-order valence-corrected chi connectivity index (χ2v) is 8.49. The monoisotopic (exact) mass is 435 g/mol. The molecule has 0 bridgehead atoms. The summed E-state index contributed by atoms with van der Waals surface area (Å²) in [6.45, 7) is 4.78. The lowest BCUT2D eigenvalue weighted by Gasteiger charge is -2.32. The molecule has 0 fully saturated rings. The number of nitrogens with one attached hydrogen (secondary N) is 2. The number of para-hydroxylation sites is 2. The standard InChI is InChI=1S/C24H25N3O3S/c1-16-14-18(17(2)30-16)24(29)26-15-23(28)25-12-7-13-27-19-8-3-5-10-21(19)31-22-11-6-4-9-20(22)27/h3-6,8-11,14H,7,12-13,15H2,1-2H3,(H,25,28)(H,26,29). The predicted molar refractivity (Wildman–Crippen MR) is 122 cm³/mol. The summed E-state index contributed by atoms with van der Waals surface area (Å²) in [7, 11) is 0. The number of aryl methyl sites for hydroxylation is 2. The van der Waals surface area contributed by atoms with E-state index >= 15 is 0 Å². The minimum Gasteiger partial charge on any atom is -0.466 e. The third kappa shape index (κ3) is 4.77. The van der Waals surface area contributed by atoms with Gasteiger partial charge in [0, 0.05) is 22.9 Å². The lowest BCUT2D eigenvalue weighted by molar-refractivity contribution is -0.120. The van der Waals surface area contributed by atoms with Crippen molar-refractivity contribution in [3.63, 3.8) is 0 Å². The third-order valence-electron chi connectivity index (χ3n) is 5.11. The molecule has 0 radical (unpaired) electrons. The maximum absolute atomic E-state index is 12.2. The Kier molecular flexibility index (Phi) is 6.32. The highest BCUT2D eigenvalue weighted by Gasteiger charge is 2.22. The Hall–Kier alpha value is -3.19. The fourth-order valence-corrected chi connectivity index (χ4v) is 4.76. The van der Waals surface area contributed by atoms with Crippen molar-refractivity contribution < 1.29 is 14.0 Å². The second-order valence-electron chi connectivity index (χ2n) is 7.40. The molecule has 2 N–H and O–H groups in total. The maximum Gasteiger partial charge on any atom is 0.255 e. The zero-order valence-electron chi connectivity index (χ0n) is 17.6. The molecule has 0 saturated heterocycles. The first-order chi connectivity index (χ1) is 15.0. The molecule has 0 atom stereocenters. The predicted octanol–water partition coefficient (Wildman–Crippen LogP) is 4.44. The van der Waals surface area contributed by atoms with Crippen molar-refractivity contribution in [3.8, 4) is 0 Å². The molecule has 2 aromatic carbocycles. The Morgan fingerprint density at radius 2 is 1.61 bits per heavy atom. The van der Waals surface area contributed by atoms with Crippen molar-refractivity contribution in [1.29, 1.82) is 0 Å². The summed E-state index contributed by atoms with van der Waals surface area (Å²) >= 11 is 1.78. The molecule has 0 unspecified atom stereocenters. The van der Waals surface area contributed by atoms with Crippen LogP contribution in [-0.2, 0) is 4.79 Å². The number of hydrogen-bond acceptors (Lipinski definition) is 5. The molecule has 160 valence electrons. The number of carbonyl (C=O) groups is 2. The summed E-state index contributed by atoms with van der Waals surface area (Å²) < 4.78 is 5.36. The highest BCUT2D eigenvalue weighted by Crippen LogP contribution is 2.47.